The molecule has 0 aliphatic heterocycles. The third kappa shape index (κ3) is 3.65. The van der Waals surface area contributed by atoms with Crippen LogP contribution in [-0.2, 0) is 5.75 Å². The Balaban J connectivity index is 2.09. The van der Waals surface area contributed by atoms with Gasteiger partial charge in [0.05, 0.1) is 11.2 Å². The Bertz CT molecular complexity index is 607. The zero-order valence-electron chi connectivity index (χ0n) is 9.51. The second kappa shape index (κ2) is 5.99. The van der Waals surface area contributed by atoms with Crippen molar-refractivity contribution in [1.82, 2.24) is 9.97 Å². The topological polar surface area (TPSA) is 63.1 Å². The zero-order valence-corrected chi connectivity index (χ0v) is 11.1. The maximum absolute atomic E-state index is 12.7. The first-order valence-electron chi connectivity index (χ1n) is 5.19. The first-order chi connectivity index (χ1) is 9.06. The molecular formula is C12H8ClFN2O2S. The van der Waals surface area contributed by atoms with Crippen LogP contribution in [0.25, 0.3) is 0 Å². The first kappa shape index (κ1) is 13.8. The van der Waals surface area contributed by atoms with E-state index in [2.05, 4.69) is 9.97 Å². The number of hydrogen-bond acceptors (Lipinski definition) is 4. The van der Waals surface area contributed by atoms with E-state index in [0.717, 1.165) is 5.56 Å². The van der Waals surface area contributed by atoms with Crippen molar-refractivity contribution in [2.45, 2.75) is 10.9 Å². The molecule has 1 aromatic carbocycles. The minimum atomic E-state index is -1.20. The van der Waals surface area contributed by atoms with Gasteiger partial charge >= 0.3 is 5.97 Å². The van der Waals surface area contributed by atoms with Crippen molar-refractivity contribution in [3.8, 4) is 0 Å². The molecule has 4 nitrogen and oxygen atoms in total. The number of rotatable bonds is 4. The highest BCUT2D eigenvalue weighted by atomic mass is 35.5. The van der Waals surface area contributed by atoms with Gasteiger partial charge in [-0.05, 0) is 17.7 Å². The van der Waals surface area contributed by atoms with E-state index < -0.39 is 5.97 Å². The molecule has 2 aromatic rings. The van der Waals surface area contributed by atoms with Crippen LogP contribution in [0.2, 0.25) is 5.02 Å². The summed E-state index contributed by atoms with van der Waals surface area (Å²) in [6.45, 7) is 0. The Morgan fingerprint density at radius 2 is 2.05 bits per heavy atom. The quantitative estimate of drug-likeness (QED) is 0.693. The van der Waals surface area contributed by atoms with Crippen molar-refractivity contribution < 1.29 is 14.3 Å². The van der Waals surface area contributed by atoms with Gasteiger partial charge < -0.3 is 5.11 Å². The van der Waals surface area contributed by atoms with Crippen LogP contribution in [0, 0.1) is 5.82 Å². The minimum absolute atomic E-state index is 0.00127. The van der Waals surface area contributed by atoms with Crippen LogP contribution >= 0.6 is 23.4 Å². The molecular weight excluding hydrogens is 291 g/mol. The minimum Gasteiger partial charge on any atom is -0.476 e. The first-order valence-corrected chi connectivity index (χ1v) is 6.55. The van der Waals surface area contributed by atoms with E-state index in [1.807, 2.05) is 0 Å². The third-order valence-corrected chi connectivity index (χ3v) is 3.41. The van der Waals surface area contributed by atoms with Gasteiger partial charge in [-0.1, -0.05) is 35.5 Å². The van der Waals surface area contributed by atoms with Gasteiger partial charge in [0, 0.05) is 5.75 Å². The molecule has 0 unspecified atom stereocenters. The van der Waals surface area contributed by atoms with Crippen LogP contribution in [0.1, 0.15) is 16.1 Å². The highest BCUT2D eigenvalue weighted by molar-refractivity contribution is 7.98. The lowest BCUT2D eigenvalue weighted by Crippen LogP contribution is -2.03. The van der Waals surface area contributed by atoms with E-state index in [9.17, 15) is 9.18 Å². The van der Waals surface area contributed by atoms with E-state index in [0.29, 0.717) is 10.9 Å². The molecule has 7 heteroatoms. The Hall–Kier alpha value is -1.66. The number of aromatic carboxylic acids is 1. The number of carboxylic acids is 1. The maximum Gasteiger partial charge on any atom is 0.356 e. The van der Waals surface area contributed by atoms with Gasteiger partial charge in [-0.2, -0.15) is 0 Å². The number of halogens is 2. The van der Waals surface area contributed by atoms with Crippen LogP contribution in [0.5, 0.6) is 0 Å². The predicted octanol–water partition coefficient (Wildman–Crippen LogP) is 3.26. The molecule has 0 atom stereocenters. The van der Waals surface area contributed by atoms with Crippen LogP contribution in [-0.4, -0.2) is 21.0 Å². The van der Waals surface area contributed by atoms with Crippen LogP contribution < -0.4 is 0 Å². The number of hydrogen-bond donors (Lipinski definition) is 1. The molecule has 0 saturated carbocycles. The van der Waals surface area contributed by atoms with Crippen LogP contribution in [0.4, 0.5) is 4.39 Å². The Morgan fingerprint density at radius 1 is 1.37 bits per heavy atom. The van der Waals surface area contributed by atoms with E-state index in [1.165, 1.54) is 30.1 Å². The molecule has 0 spiro atoms. The molecule has 1 heterocycles. The summed E-state index contributed by atoms with van der Waals surface area (Å²) in [6, 6.07) is 6.02. The Kier molecular flexibility index (Phi) is 4.34. The molecule has 1 aromatic heterocycles. The summed E-state index contributed by atoms with van der Waals surface area (Å²) < 4.78 is 12.7. The Morgan fingerprint density at radius 3 is 2.68 bits per heavy atom. The summed E-state index contributed by atoms with van der Waals surface area (Å²) in [5.74, 6) is -0.985. The van der Waals surface area contributed by atoms with Gasteiger partial charge in [0.2, 0.25) is 0 Å². The fraction of sp³-hybridized carbons (Fsp3) is 0.0833. The van der Waals surface area contributed by atoms with E-state index in [1.54, 1.807) is 12.1 Å². The molecule has 0 radical (unpaired) electrons. The van der Waals surface area contributed by atoms with Crippen LogP contribution in [0.15, 0.2) is 35.6 Å². The van der Waals surface area contributed by atoms with Gasteiger partial charge in [-0.3, -0.25) is 0 Å². The SMILES string of the molecule is O=C(O)c1nc(SCc2ccc(F)cc2)ncc1Cl. The zero-order chi connectivity index (χ0) is 13.8. The molecule has 0 aliphatic carbocycles. The number of thioether (sulfide) groups is 1. The molecule has 19 heavy (non-hydrogen) atoms. The molecule has 0 bridgehead atoms. The summed E-state index contributed by atoms with van der Waals surface area (Å²) >= 11 is 6.92. The number of nitrogens with zero attached hydrogens (tertiary/aromatic N) is 2. The second-order valence-electron chi connectivity index (χ2n) is 3.57. The van der Waals surface area contributed by atoms with Crippen molar-refractivity contribution >= 4 is 29.3 Å². The summed E-state index contributed by atoms with van der Waals surface area (Å²) in [5.41, 5.74) is 0.667. The Labute approximate surface area is 117 Å². The van der Waals surface area contributed by atoms with Crippen molar-refractivity contribution in [2.24, 2.45) is 0 Å². The van der Waals surface area contributed by atoms with Crippen molar-refractivity contribution in [2.75, 3.05) is 0 Å². The average Bonchev–Trinajstić information content (AvgIpc) is 2.39. The third-order valence-electron chi connectivity index (χ3n) is 2.21. The summed E-state index contributed by atoms with van der Waals surface area (Å²) in [7, 11) is 0. The molecule has 98 valence electrons. The smallest absolute Gasteiger partial charge is 0.356 e. The summed E-state index contributed by atoms with van der Waals surface area (Å²) in [5, 5.41) is 9.19. The van der Waals surface area contributed by atoms with Gasteiger partial charge in [0.1, 0.15) is 5.82 Å². The lowest BCUT2D eigenvalue weighted by Gasteiger charge is -2.03. The fourth-order valence-electron chi connectivity index (χ4n) is 1.30. The maximum atomic E-state index is 12.7. The number of benzene rings is 1. The predicted molar refractivity (Wildman–Crippen MR) is 70.0 cm³/mol. The van der Waals surface area contributed by atoms with Gasteiger partial charge in [-0.15, -0.1) is 0 Å². The van der Waals surface area contributed by atoms with Crippen molar-refractivity contribution in [3.63, 3.8) is 0 Å². The summed E-state index contributed by atoms with van der Waals surface area (Å²) in [6.07, 6.45) is 1.25. The fourth-order valence-corrected chi connectivity index (χ4v) is 2.24. The summed E-state index contributed by atoms with van der Waals surface area (Å²) in [4.78, 5) is 18.6. The number of carboxylic acid groups (broad SMARTS) is 1. The number of aromatic nitrogens is 2. The van der Waals surface area contributed by atoms with E-state index in [-0.39, 0.29) is 16.5 Å². The lowest BCUT2D eigenvalue weighted by atomic mass is 10.2. The lowest BCUT2D eigenvalue weighted by molar-refractivity contribution is 0.0689. The van der Waals surface area contributed by atoms with Gasteiger partial charge in [-0.25, -0.2) is 19.2 Å². The standard InChI is InChI=1S/C12H8ClFN2O2S/c13-9-5-15-12(16-10(9)11(17)18)19-6-7-1-3-8(14)4-2-7/h1-5H,6H2,(H,17,18). The van der Waals surface area contributed by atoms with Crippen LogP contribution in [0.3, 0.4) is 0 Å². The van der Waals surface area contributed by atoms with E-state index >= 15 is 0 Å². The van der Waals surface area contributed by atoms with Crippen molar-refractivity contribution in [3.05, 3.63) is 52.6 Å². The van der Waals surface area contributed by atoms with Gasteiger partial charge in [0.25, 0.3) is 0 Å². The highest BCUT2D eigenvalue weighted by Gasteiger charge is 2.12. The van der Waals surface area contributed by atoms with Crippen molar-refractivity contribution in [1.29, 1.82) is 0 Å². The van der Waals surface area contributed by atoms with Gasteiger partial charge in [0.15, 0.2) is 10.9 Å². The van der Waals surface area contributed by atoms with E-state index in [4.69, 9.17) is 16.7 Å². The monoisotopic (exact) mass is 298 g/mol. The number of carbonyl (C=O) groups is 1. The highest BCUT2D eigenvalue weighted by Crippen LogP contribution is 2.22. The average molecular weight is 299 g/mol. The second-order valence-corrected chi connectivity index (χ2v) is 4.92. The molecule has 0 saturated heterocycles. The molecule has 0 amide bonds. The molecule has 2 rings (SSSR count). The molecule has 1 N–H and O–H groups in total. The largest absolute Gasteiger partial charge is 0.476 e. The normalized spacial score (nSPS) is 10.4. The molecule has 0 aliphatic rings. The molecule has 0 fully saturated rings.